The number of carboxylic acid groups (broad SMARTS) is 1. The van der Waals surface area contributed by atoms with E-state index in [4.69, 9.17) is 21.4 Å². The molecule has 3 N–H and O–H groups in total. The Labute approximate surface area is 180 Å². The molecular weight excluding hydrogens is 408 g/mol. The molecule has 0 aliphatic heterocycles. The number of phenolic OH excluding ortho intramolecular Hbond substituents is 2. The van der Waals surface area contributed by atoms with Crippen LogP contribution >= 0.6 is 11.6 Å². The number of carboxylic acids is 1. The first-order valence-electron chi connectivity index (χ1n) is 9.35. The minimum atomic E-state index is -1.01. The van der Waals surface area contributed by atoms with Gasteiger partial charge >= 0.3 is 5.97 Å². The second kappa shape index (κ2) is 9.22. The van der Waals surface area contributed by atoms with Gasteiger partial charge in [0.1, 0.15) is 23.4 Å². The Morgan fingerprint density at radius 3 is 2.37 bits per heavy atom. The molecule has 0 spiro atoms. The molecule has 0 radical (unpaired) electrons. The first-order valence-corrected chi connectivity index (χ1v) is 9.73. The van der Waals surface area contributed by atoms with Gasteiger partial charge in [-0.3, -0.25) is 9.59 Å². The molecule has 6 nitrogen and oxygen atoms in total. The first kappa shape index (κ1) is 23.3. The number of benzene rings is 2. The summed E-state index contributed by atoms with van der Waals surface area (Å²) in [5, 5.41) is 29.7. The highest BCUT2D eigenvalue weighted by atomic mass is 35.5. The van der Waals surface area contributed by atoms with Crippen LogP contribution in [0.5, 0.6) is 17.2 Å². The van der Waals surface area contributed by atoms with Gasteiger partial charge in [-0.05, 0) is 48.8 Å². The summed E-state index contributed by atoms with van der Waals surface area (Å²) in [6.07, 6.45) is 1.91. The molecule has 2 aromatic rings. The summed E-state index contributed by atoms with van der Waals surface area (Å²) < 4.78 is 5.71. The number of hydrogen-bond acceptors (Lipinski definition) is 5. The molecule has 30 heavy (non-hydrogen) atoms. The molecule has 160 valence electrons. The molecule has 1 unspecified atom stereocenters. The monoisotopic (exact) mass is 432 g/mol. The van der Waals surface area contributed by atoms with E-state index in [0.29, 0.717) is 16.1 Å². The molecule has 0 bridgehead atoms. The summed E-state index contributed by atoms with van der Waals surface area (Å²) in [7, 11) is 0. The first-order chi connectivity index (χ1) is 13.9. The van der Waals surface area contributed by atoms with Crippen LogP contribution in [0.2, 0.25) is 5.02 Å². The average Bonchev–Trinajstić information content (AvgIpc) is 2.58. The Bertz CT molecular complexity index is 988. The summed E-state index contributed by atoms with van der Waals surface area (Å²) in [5.74, 6) is -1.43. The number of carbonyl (C=O) groups excluding carboxylic acids is 1. The Morgan fingerprint density at radius 1 is 1.13 bits per heavy atom. The lowest BCUT2D eigenvalue weighted by Gasteiger charge is -2.23. The molecule has 1 atom stereocenters. The van der Waals surface area contributed by atoms with Gasteiger partial charge in [-0.2, -0.15) is 0 Å². The van der Waals surface area contributed by atoms with Gasteiger partial charge in [0.15, 0.2) is 5.78 Å². The van der Waals surface area contributed by atoms with E-state index in [1.807, 2.05) is 20.8 Å². The zero-order valence-electron chi connectivity index (χ0n) is 17.3. The van der Waals surface area contributed by atoms with Crippen LogP contribution in [-0.2, 0) is 10.2 Å². The molecule has 0 saturated heterocycles. The molecule has 7 heteroatoms. The van der Waals surface area contributed by atoms with E-state index in [0.717, 1.165) is 0 Å². The van der Waals surface area contributed by atoms with Crippen molar-refractivity contribution in [3.8, 4) is 17.2 Å². The minimum Gasteiger partial charge on any atom is -0.508 e. The summed E-state index contributed by atoms with van der Waals surface area (Å²) in [4.78, 5) is 23.5. The largest absolute Gasteiger partial charge is 0.508 e. The van der Waals surface area contributed by atoms with Crippen molar-refractivity contribution in [2.45, 2.75) is 45.6 Å². The van der Waals surface area contributed by atoms with E-state index in [1.54, 1.807) is 13.0 Å². The third kappa shape index (κ3) is 6.00. The zero-order chi connectivity index (χ0) is 22.6. The number of aliphatic carboxylic acids is 1. The molecule has 0 aromatic heterocycles. The highest BCUT2D eigenvalue weighted by Gasteiger charge is 2.22. The SMILES string of the molecule is CC(CC(=O)O)Oc1cc(O)c(C(C)(C)C)cc1/C=C/C(=O)c1ccc(Cl)cc1O. The van der Waals surface area contributed by atoms with Crippen molar-refractivity contribution in [2.24, 2.45) is 0 Å². The highest BCUT2D eigenvalue weighted by molar-refractivity contribution is 6.31. The van der Waals surface area contributed by atoms with Gasteiger partial charge in [0.25, 0.3) is 0 Å². The molecular formula is C23H25ClO6. The number of carbonyl (C=O) groups is 2. The number of ether oxygens (including phenoxy) is 1. The summed E-state index contributed by atoms with van der Waals surface area (Å²) in [5.41, 5.74) is 0.849. The second-order valence-corrected chi connectivity index (χ2v) is 8.48. The lowest BCUT2D eigenvalue weighted by atomic mass is 9.85. The van der Waals surface area contributed by atoms with E-state index >= 15 is 0 Å². The topological polar surface area (TPSA) is 104 Å². The fourth-order valence-corrected chi connectivity index (χ4v) is 3.06. The molecule has 2 aromatic carbocycles. The number of aromatic hydroxyl groups is 2. The number of rotatable bonds is 7. The van der Waals surface area contributed by atoms with Crippen LogP contribution < -0.4 is 4.74 Å². The Kier molecular flexibility index (Phi) is 7.16. The average molecular weight is 433 g/mol. The second-order valence-electron chi connectivity index (χ2n) is 8.04. The fourth-order valence-electron chi connectivity index (χ4n) is 2.89. The van der Waals surface area contributed by atoms with Gasteiger partial charge in [-0.15, -0.1) is 0 Å². The predicted molar refractivity (Wildman–Crippen MR) is 116 cm³/mol. The maximum atomic E-state index is 12.5. The van der Waals surface area contributed by atoms with Gasteiger partial charge in [0.2, 0.25) is 0 Å². The normalized spacial score (nSPS) is 12.7. The van der Waals surface area contributed by atoms with E-state index in [-0.39, 0.29) is 34.6 Å². The molecule has 2 rings (SSSR count). The fraction of sp³-hybridized carbons (Fsp3) is 0.304. The molecule has 0 amide bonds. The van der Waals surface area contributed by atoms with Crippen LogP contribution in [0.4, 0.5) is 0 Å². The maximum Gasteiger partial charge on any atom is 0.307 e. The van der Waals surface area contributed by atoms with Gasteiger partial charge < -0.3 is 20.1 Å². The summed E-state index contributed by atoms with van der Waals surface area (Å²) >= 11 is 5.80. The predicted octanol–water partition coefficient (Wildman–Crippen LogP) is 5.19. The third-order valence-electron chi connectivity index (χ3n) is 4.37. The van der Waals surface area contributed by atoms with Gasteiger partial charge in [0.05, 0.1) is 12.0 Å². The molecule has 0 heterocycles. The van der Waals surface area contributed by atoms with Crippen LogP contribution in [0, 0.1) is 0 Å². The van der Waals surface area contributed by atoms with E-state index in [1.165, 1.54) is 36.4 Å². The number of allylic oxidation sites excluding steroid dienone is 1. The summed E-state index contributed by atoms with van der Waals surface area (Å²) in [6.45, 7) is 7.40. The molecule has 0 aliphatic rings. The van der Waals surface area contributed by atoms with E-state index in [9.17, 15) is 19.8 Å². The lowest BCUT2D eigenvalue weighted by Crippen LogP contribution is -2.18. The Morgan fingerprint density at radius 2 is 1.80 bits per heavy atom. The minimum absolute atomic E-state index is 0.0128. The van der Waals surface area contributed by atoms with Crippen molar-refractivity contribution in [1.82, 2.24) is 0 Å². The number of phenols is 2. The molecule has 0 saturated carbocycles. The lowest BCUT2D eigenvalue weighted by molar-refractivity contribution is -0.138. The van der Waals surface area contributed by atoms with Crippen molar-refractivity contribution in [1.29, 1.82) is 0 Å². The quantitative estimate of drug-likeness (QED) is 0.411. The maximum absolute atomic E-state index is 12.5. The van der Waals surface area contributed by atoms with Gasteiger partial charge in [-0.25, -0.2) is 0 Å². The van der Waals surface area contributed by atoms with Gasteiger partial charge in [-0.1, -0.05) is 32.4 Å². The molecule has 0 fully saturated rings. The van der Waals surface area contributed by atoms with Crippen molar-refractivity contribution < 1.29 is 29.6 Å². The number of halogens is 1. The Hall–Kier alpha value is -2.99. The Balaban J connectivity index is 2.45. The number of ketones is 1. The van der Waals surface area contributed by atoms with Crippen LogP contribution in [-0.4, -0.2) is 33.2 Å². The van der Waals surface area contributed by atoms with Crippen molar-refractivity contribution >= 4 is 29.4 Å². The van der Waals surface area contributed by atoms with Crippen LogP contribution in [0.3, 0.4) is 0 Å². The van der Waals surface area contributed by atoms with Crippen molar-refractivity contribution in [3.05, 3.63) is 58.1 Å². The summed E-state index contributed by atoms with van der Waals surface area (Å²) in [6, 6.07) is 7.33. The van der Waals surface area contributed by atoms with Crippen molar-refractivity contribution in [2.75, 3.05) is 0 Å². The van der Waals surface area contributed by atoms with E-state index < -0.39 is 17.9 Å². The smallest absolute Gasteiger partial charge is 0.307 e. The third-order valence-corrected chi connectivity index (χ3v) is 4.60. The standard InChI is InChI=1S/C23H25ClO6/c1-13(9-22(28)29)30-21-12-20(27)17(23(2,3)4)10-14(21)5-8-18(25)16-7-6-15(24)11-19(16)26/h5-8,10-13,26-27H,9H2,1-4H3,(H,28,29)/b8-5+. The van der Waals surface area contributed by atoms with Gasteiger partial charge in [0, 0.05) is 22.2 Å². The van der Waals surface area contributed by atoms with E-state index in [2.05, 4.69) is 0 Å². The van der Waals surface area contributed by atoms with Crippen LogP contribution in [0.1, 0.15) is 55.6 Å². The number of hydrogen-bond donors (Lipinski definition) is 3. The highest BCUT2D eigenvalue weighted by Crippen LogP contribution is 2.37. The van der Waals surface area contributed by atoms with Crippen LogP contribution in [0.25, 0.3) is 6.08 Å². The molecule has 0 aliphatic carbocycles. The van der Waals surface area contributed by atoms with Crippen LogP contribution in [0.15, 0.2) is 36.4 Å². The van der Waals surface area contributed by atoms with Crippen molar-refractivity contribution in [3.63, 3.8) is 0 Å². The zero-order valence-corrected chi connectivity index (χ0v) is 18.0.